The molecule has 12 heteroatoms. The molecule has 0 aromatic rings. The Morgan fingerprint density at radius 1 is 1.19 bits per heavy atom. The Bertz CT molecular complexity index is 565. The molecule has 0 saturated carbocycles. The number of nitrogens with zero attached hydrogens (tertiary/aromatic N) is 3. The van der Waals surface area contributed by atoms with Crippen LogP contribution in [0.3, 0.4) is 0 Å². The van der Waals surface area contributed by atoms with Gasteiger partial charge in [0.1, 0.15) is 37.5 Å². The summed E-state index contributed by atoms with van der Waals surface area (Å²) >= 11 is 0. The van der Waals surface area contributed by atoms with E-state index in [0.29, 0.717) is 0 Å². The molecule has 0 aliphatic carbocycles. The number of aliphatic hydroxyl groups is 2. The van der Waals surface area contributed by atoms with E-state index in [9.17, 15) is 24.6 Å². The van der Waals surface area contributed by atoms with E-state index in [2.05, 4.69) is 15.3 Å². The third kappa shape index (κ3) is 6.15. The fraction of sp³-hybridized carbons (Fsp3) is 0.786. The summed E-state index contributed by atoms with van der Waals surface area (Å²) in [6.07, 6.45) is -5.59. The number of rotatable bonds is 8. The Morgan fingerprint density at radius 2 is 1.85 bits per heavy atom. The highest BCUT2D eigenvalue weighted by Gasteiger charge is 2.47. The number of nitrogens with one attached hydrogen (secondary N) is 1. The molecule has 0 aromatic heterocycles. The normalized spacial score (nSPS) is 27.8. The molecule has 1 fully saturated rings. The van der Waals surface area contributed by atoms with E-state index in [1.165, 1.54) is 6.92 Å². The molecule has 0 aromatic carbocycles. The molecule has 1 rings (SSSR count). The van der Waals surface area contributed by atoms with Gasteiger partial charge in [0.2, 0.25) is 12.2 Å². The quantitative estimate of drug-likeness (QED) is 0.212. The van der Waals surface area contributed by atoms with Crippen LogP contribution in [0.5, 0.6) is 0 Å². The van der Waals surface area contributed by atoms with Gasteiger partial charge in [0.05, 0.1) is 0 Å². The van der Waals surface area contributed by atoms with Gasteiger partial charge in [-0.15, -0.1) is 0 Å². The van der Waals surface area contributed by atoms with Crippen LogP contribution in [-0.4, -0.2) is 71.9 Å². The largest absolute Gasteiger partial charge is 0.463 e. The molecule has 0 bridgehead atoms. The van der Waals surface area contributed by atoms with Gasteiger partial charge >= 0.3 is 11.9 Å². The maximum absolute atomic E-state index is 11.7. The SMILES string of the molecule is CCC(=O)OC[C@H]1OC(OC(=O)CC)[C@H](NC(=O)CN=[N+]=[N-])[C@@H](O)[C@H]1O. The Labute approximate surface area is 149 Å². The summed E-state index contributed by atoms with van der Waals surface area (Å²) in [7, 11) is 0. The predicted molar refractivity (Wildman–Crippen MR) is 84.3 cm³/mol. The minimum absolute atomic E-state index is 0.00733. The van der Waals surface area contributed by atoms with Gasteiger partial charge in [-0.3, -0.25) is 14.4 Å². The van der Waals surface area contributed by atoms with Gasteiger partial charge in [-0.2, -0.15) is 0 Å². The van der Waals surface area contributed by atoms with Crippen LogP contribution in [0.2, 0.25) is 0 Å². The molecule has 1 saturated heterocycles. The zero-order valence-corrected chi connectivity index (χ0v) is 14.4. The number of hydrogen-bond donors (Lipinski definition) is 3. The molecule has 1 heterocycles. The van der Waals surface area contributed by atoms with Gasteiger partial charge < -0.3 is 29.7 Å². The average molecular weight is 374 g/mol. The van der Waals surface area contributed by atoms with Crippen LogP contribution in [0.4, 0.5) is 0 Å². The lowest BCUT2D eigenvalue weighted by Gasteiger charge is -2.42. The van der Waals surface area contributed by atoms with Crippen molar-refractivity contribution in [3.63, 3.8) is 0 Å². The van der Waals surface area contributed by atoms with Crippen molar-refractivity contribution in [3.8, 4) is 0 Å². The van der Waals surface area contributed by atoms with Crippen LogP contribution in [0.25, 0.3) is 10.4 Å². The molecule has 5 atom stereocenters. The fourth-order valence-electron chi connectivity index (χ4n) is 2.14. The molecule has 26 heavy (non-hydrogen) atoms. The van der Waals surface area contributed by atoms with Gasteiger partial charge in [0, 0.05) is 17.8 Å². The highest BCUT2D eigenvalue weighted by Crippen LogP contribution is 2.23. The third-order valence-electron chi connectivity index (χ3n) is 3.54. The van der Waals surface area contributed by atoms with Crippen molar-refractivity contribution in [3.05, 3.63) is 10.4 Å². The third-order valence-corrected chi connectivity index (χ3v) is 3.54. The molecule has 0 radical (unpaired) electrons. The number of carbonyl (C=O) groups excluding carboxylic acids is 3. The van der Waals surface area contributed by atoms with Gasteiger partial charge in [-0.05, 0) is 5.53 Å². The highest BCUT2D eigenvalue weighted by atomic mass is 16.7. The first-order chi connectivity index (χ1) is 12.3. The number of azide groups is 1. The van der Waals surface area contributed by atoms with E-state index in [4.69, 9.17) is 19.7 Å². The molecule has 1 amide bonds. The van der Waals surface area contributed by atoms with E-state index in [0.717, 1.165) is 0 Å². The van der Waals surface area contributed by atoms with Gasteiger partial charge in [-0.1, -0.05) is 19.0 Å². The van der Waals surface area contributed by atoms with E-state index >= 15 is 0 Å². The first-order valence-corrected chi connectivity index (χ1v) is 8.00. The molecule has 0 spiro atoms. The molecule has 3 N–H and O–H groups in total. The smallest absolute Gasteiger partial charge is 0.307 e. The summed E-state index contributed by atoms with van der Waals surface area (Å²) in [4.78, 5) is 37.0. The number of esters is 2. The second-order valence-corrected chi connectivity index (χ2v) is 5.39. The summed E-state index contributed by atoms with van der Waals surface area (Å²) in [6.45, 7) is 2.19. The van der Waals surface area contributed by atoms with Crippen LogP contribution in [0.1, 0.15) is 26.7 Å². The van der Waals surface area contributed by atoms with Gasteiger partial charge in [0.15, 0.2) is 0 Å². The first kappa shape index (κ1) is 21.6. The zero-order chi connectivity index (χ0) is 19.7. The summed E-state index contributed by atoms with van der Waals surface area (Å²) in [6, 6.07) is -1.31. The predicted octanol–water partition coefficient (Wildman–Crippen LogP) is -0.865. The summed E-state index contributed by atoms with van der Waals surface area (Å²) in [5.74, 6) is -1.98. The molecule has 1 unspecified atom stereocenters. The second kappa shape index (κ2) is 10.6. The van der Waals surface area contributed by atoms with Crippen molar-refractivity contribution in [2.75, 3.05) is 13.2 Å². The lowest BCUT2D eigenvalue weighted by molar-refractivity contribution is -0.264. The van der Waals surface area contributed by atoms with Gasteiger partial charge in [0.25, 0.3) is 0 Å². The average Bonchev–Trinajstić information content (AvgIpc) is 2.64. The van der Waals surface area contributed by atoms with Crippen molar-refractivity contribution in [1.29, 1.82) is 0 Å². The molecule has 146 valence electrons. The van der Waals surface area contributed by atoms with Crippen molar-refractivity contribution >= 4 is 17.8 Å². The topological polar surface area (TPSA) is 180 Å². The van der Waals surface area contributed by atoms with E-state index in [1.54, 1.807) is 6.92 Å². The summed E-state index contributed by atoms with van der Waals surface area (Å²) in [5, 5.41) is 25.8. The first-order valence-electron chi connectivity index (χ1n) is 8.00. The van der Waals surface area contributed by atoms with Crippen LogP contribution < -0.4 is 5.32 Å². The number of hydrogen-bond acceptors (Lipinski definition) is 9. The molecule has 12 nitrogen and oxygen atoms in total. The molecular formula is C14H22N4O8. The van der Waals surface area contributed by atoms with Crippen molar-refractivity contribution in [2.24, 2.45) is 5.11 Å². The minimum atomic E-state index is -1.58. The fourth-order valence-corrected chi connectivity index (χ4v) is 2.14. The number of amides is 1. The standard InChI is InChI=1S/C14H22N4O8/c1-3-9(20)24-6-7-12(22)13(23)11(17-8(19)5-16-18-15)14(25-7)26-10(21)4-2/h7,11-14,22-23H,3-6H2,1-2H3,(H,17,19)/t7-,11-,12+,13-,14?/m1/s1. The highest BCUT2D eigenvalue weighted by molar-refractivity contribution is 5.78. The monoisotopic (exact) mass is 374 g/mol. The Kier molecular flexibility index (Phi) is 8.79. The van der Waals surface area contributed by atoms with E-state index in [-0.39, 0.29) is 19.4 Å². The van der Waals surface area contributed by atoms with Crippen LogP contribution >= 0.6 is 0 Å². The number of aliphatic hydroxyl groups excluding tert-OH is 2. The lowest BCUT2D eigenvalue weighted by Crippen LogP contribution is -2.65. The van der Waals surface area contributed by atoms with Crippen LogP contribution in [0.15, 0.2) is 5.11 Å². The summed E-state index contributed by atoms with van der Waals surface area (Å²) in [5.41, 5.74) is 8.23. The Balaban J connectivity index is 2.89. The van der Waals surface area contributed by atoms with Crippen LogP contribution in [0, 0.1) is 0 Å². The second-order valence-electron chi connectivity index (χ2n) is 5.39. The van der Waals surface area contributed by atoms with E-state index in [1.807, 2.05) is 0 Å². The van der Waals surface area contributed by atoms with Crippen LogP contribution in [-0.2, 0) is 28.6 Å². The molecule has 1 aliphatic heterocycles. The van der Waals surface area contributed by atoms with Crippen molar-refractivity contribution < 1.29 is 38.8 Å². The molecular weight excluding hydrogens is 352 g/mol. The molecule has 1 aliphatic rings. The maximum atomic E-state index is 11.7. The van der Waals surface area contributed by atoms with Crippen molar-refractivity contribution in [2.45, 2.75) is 57.3 Å². The summed E-state index contributed by atoms with van der Waals surface area (Å²) < 4.78 is 15.3. The number of ether oxygens (including phenoxy) is 3. The zero-order valence-electron chi connectivity index (χ0n) is 14.4. The Morgan fingerprint density at radius 3 is 2.42 bits per heavy atom. The van der Waals surface area contributed by atoms with Gasteiger partial charge in [-0.25, -0.2) is 0 Å². The number of carbonyl (C=O) groups is 3. The van der Waals surface area contributed by atoms with Crippen molar-refractivity contribution in [1.82, 2.24) is 5.32 Å². The lowest BCUT2D eigenvalue weighted by atomic mass is 9.97. The maximum Gasteiger partial charge on any atom is 0.307 e. The van der Waals surface area contributed by atoms with E-state index < -0.39 is 55.0 Å². The minimum Gasteiger partial charge on any atom is -0.463 e. The Hall–Kier alpha value is -2.40.